The molecule has 0 atom stereocenters. The summed E-state index contributed by atoms with van der Waals surface area (Å²) in [5.41, 5.74) is 7.81. The first kappa shape index (κ1) is 13.3. The number of rotatable bonds is 5. The summed E-state index contributed by atoms with van der Waals surface area (Å²) in [7, 11) is 0. The minimum absolute atomic E-state index is 0.461. The summed E-state index contributed by atoms with van der Waals surface area (Å²) >= 11 is 0. The second-order valence-electron chi connectivity index (χ2n) is 5.16. The van der Waals surface area contributed by atoms with Crippen molar-refractivity contribution in [3.05, 3.63) is 42.0 Å². The lowest BCUT2D eigenvalue weighted by atomic mass is 10.2. The van der Waals surface area contributed by atoms with E-state index in [0.717, 1.165) is 5.69 Å². The van der Waals surface area contributed by atoms with Gasteiger partial charge in [0.25, 0.3) is 0 Å². The van der Waals surface area contributed by atoms with E-state index in [1.165, 1.54) is 12.8 Å². The van der Waals surface area contributed by atoms with E-state index in [4.69, 9.17) is 15.7 Å². The normalized spacial score (nSPS) is 13.5. The highest BCUT2D eigenvalue weighted by Gasteiger charge is 2.22. The second kappa shape index (κ2) is 5.71. The first-order valence-corrected chi connectivity index (χ1v) is 6.91. The molecule has 5 nitrogen and oxygen atoms in total. The van der Waals surface area contributed by atoms with Gasteiger partial charge in [0, 0.05) is 5.69 Å². The van der Waals surface area contributed by atoms with Gasteiger partial charge in [-0.15, -0.1) is 0 Å². The molecule has 106 valence electrons. The third kappa shape index (κ3) is 3.42. The number of pyridine rings is 1. The fourth-order valence-electron chi connectivity index (χ4n) is 1.93. The predicted octanol–water partition coefficient (Wildman–Crippen LogP) is 3.07. The largest absolute Gasteiger partial charge is 0.476 e. The average Bonchev–Trinajstić information content (AvgIpc) is 3.32. The highest BCUT2D eigenvalue weighted by Crippen LogP contribution is 2.31. The van der Waals surface area contributed by atoms with Gasteiger partial charge in [0.15, 0.2) is 0 Å². The van der Waals surface area contributed by atoms with E-state index in [9.17, 15) is 0 Å². The number of benzene rings is 1. The quantitative estimate of drug-likeness (QED) is 0.879. The number of ether oxygens (including phenoxy) is 1. The van der Waals surface area contributed by atoms with Gasteiger partial charge < -0.3 is 15.8 Å². The molecule has 1 fully saturated rings. The van der Waals surface area contributed by atoms with Gasteiger partial charge in [-0.25, -0.2) is 0 Å². The molecule has 3 rings (SSSR count). The van der Waals surface area contributed by atoms with E-state index in [0.29, 0.717) is 35.5 Å². The topological polar surface area (TPSA) is 84.0 Å². The summed E-state index contributed by atoms with van der Waals surface area (Å²) in [6.45, 7) is 0.671. The maximum atomic E-state index is 8.91. The number of nitriles is 1. The van der Waals surface area contributed by atoms with Crippen LogP contribution in [0.15, 0.2) is 36.4 Å². The monoisotopic (exact) mass is 280 g/mol. The molecular weight excluding hydrogens is 264 g/mol. The van der Waals surface area contributed by atoms with Crippen LogP contribution in [0.5, 0.6) is 5.88 Å². The molecular formula is C16H16N4O. The van der Waals surface area contributed by atoms with Crippen molar-refractivity contribution >= 4 is 17.2 Å². The molecule has 0 unspecified atom stereocenters. The summed E-state index contributed by atoms with van der Waals surface area (Å²) in [4.78, 5) is 4.38. The van der Waals surface area contributed by atoms with Crippen molar-refractivity contribution in [1.82, 2.24) is 4.98 Å². The Hall–Kier alpha value is -2.74. The lowest BCUT2D eigenvalue weighted by Gasteiger charge is -2.10. The number of nitrogens with zero attached hydrogens (tertiary/aromatic N) is 2. The van der Waals surface area contributed by atoms with Crippen LogP contribution in [0.3, 0.4) is 0 Å². The van der Waals surface area contributed by atoms with Gasteiger partial charge >= 0.3 is 0 Å². The molecule has 0 amide bonds. The van der Waals surface area contributed by atoms with Crippen LogP contribution in [0.2, 0.25) is 0 Å². The Morgan fingerprint density at radius 3 is 2.95 bits per heavy atom. The molecule has 2 aromatic rings. The number of nitrogens with two attached hydrogens (primary N) is 1. The molecule has 0 bridgehead atoms. The summed E-state index contributed by atoms with van der Waals surface area (Å²) in [6, 6.07) is 12.9. The van der Waals surface area contributed by atoms with E-state index in [-0.39, 0.29) is 0 Å². The maximum Gasteiger partial charge on any atom is 0.239 e. The Morgan fingerprint density at radius 1 is 1.33 bits per heavy atom. The Kier molecular flexibility index (Phi) is 3.61. The third-order valence-corrected chi connectivity index (χ3v) is 3.31. The summed E-state index contributed by atoms with van der Waals surface area (Å²) < 4.78 is 5.66. The maximum absolute atomic E-state index is 8.91. The Balaban J connectivity index is 1.75. The molecule has 1 heterocycles. The standard InChI is InChI=1S/C16H16N4O/c17-9-12-2-1-3-13(8-12)19-15-7-6-14(18)16(20-15)21-10-11-4-5-11/h1-3,6-8,11H,4-5,10,18H2,(H,19,20). The van der Waals surface area contributed by atoms with Gasteiger partial charge in [-0.05, 0) is 49.1 Å². The van der Waals surface area contributed by atoms with Gasteiger partial charge in [0.1, 0.15) is 5.82 Å². The molecule has 21 heavy (non-hydrogen) atoms. The van der Waals surface area contributed by atoms with Gasteiger partial charge in [0.2, 0.25) is 5.88 Å². The van der Waals surface area contributed by atoms with Gasteiger partial charge in [-0.1, -0.05) is 6.07 Å². The first-order valence-electron chi connectivity index (χ1n) is 6.91. The van der Waals surface area contributed by atoms with Crippen LogP contribution in [-0.2, 0) is 0 Å². The van der Waals surface area contributed by atoms with Crippen LogP contribution in [0.1, 0.15) is 18.4 Å². The first-order chi connectivity index (χ1) is 10.2. The summed E-state index contributed by atoms with van der Waals surface area (Å²) in [5.74, 6) is 1.75. The Bertz CT molecular complexity index is 689. The van der Waals surface area contributed by atoms with E-state index in [1.54, 1.807) is 24.3 Å². The van der Waals surface area contributed by atoms with Gasteiger partial charge in [-0.2, -0.15) is 10.2 Å². The van der Waals surface area contributed by atoms with Crippen molar-refractivity contribution in [1.29, 1.82) is 5.26 Å². The molecule has 0 aliphatic heterocycles. The molecule has 0 spiro atoms. The number of nitrogens with one attached hydrogen (secondary N) is 1. The van der Waals surface area contributed by atoms with Crippen molar-refractivity contribution < 1.29 is 4.74 Å². The smallest absolute Gasteiger partial charge is 0.239 e. The molecule has 1 saturated carbocycles. The zero-order valence-electron chi connectivity index (χ0n) is 11.5. The van der Waals surface area contributed by atoms with E-state index >= 15 is 0 Å². The number of nitrogen functional groups attached to an aromatic ring is 1. The lowest BCUT2D eigenvalue weighted by molar-refractivity contribution is 0.290. The molecule has 1 aromatic carbocycles. The number of aromatic nitrogens is 1. The van der Waals surface area contributed by atoms with E-state index < -0.39 is 0 Å². The number of hydrogen-bond acceptors (Lipinski definition) is 5. The lowest BCUT2D eigenvalue weighted by Crippen LogP contribution is -2.05. The highest BCUT2D eigenvalue weighted by molar-refractivity contribution is 5.61. The number of anilines is 3. The summed E-state index contributed by atoms with van der Waals surface area (Å²) in [6.07, 6.45) is 2.44. The molecule has 1 aliphatic carbocycles. The fourth-order valence-corrected chi connectivity index (χ4v) is 1.93. The van der Waals surface area contributed by atoms with Crippen molar-refractivity contribution in [2.45, 2.75) is 12.8 Å². The van der Waals surface area contributed by atoms with Crippen LogP contribution in [0, 0.1) is 17.2 Å². The molecule has 0 saturated heterocycles. The van der Waals surface area contributed by atoms with Crippen LogP contribution in [0.25, 0.3) is 0 Å². The zero-order chi connectivity index (χ0) is 14.7. The second-order valence-corrected chi connectivity index (χ2v) is 5.16. The molecule has 5 heteroatoms. The van der Waals surface area contributed by atoms with Crippen LogP contribution in [-0.4, -0.2) is 11.6 Å². The fraction of sp³-hybridized carbons (Fsp3) is 0.250. The SMILES string of the molecule is N#Cc1cccc(Nc2ccc(N)c(OCC3CC3)n2)c1. The molecule has 1 aromatic heterocycles. The van der Waals surface area contributed by atoms with Gasteiger partial charge in [-0.3, -0.25) is 0 Å². The molecule has 0 radical (unpaired) electrons. The minimum atomic E-state index is 0.461. The van der Waals surface area contributed by atoms with Gasteiger partial charge in [0.05, 0.1) is 23.9 Å². The van der Waals surface area contributed by atoms with Crippen LogP contribution < -0.4 is 15.8 Å². The minimum Gasteiger partial charge on any atom is -0.476 e. The van der Waals surface area contributed by atoms with Crippen molar-refractivity contribution in [3.63, 3.8) is 0 Å². The zero-order valence-corrected chi connectivity index (χ0v) is 11.5. The average molecular weight is 280 g/mol. The molecule has 3 N–H and O–H groups in total. The Labute approximate surface area is 123 Å². The predicted molar refractivity (Wildman–Crippen MR) is 81.3 cm³/mol. The highest BCUT2D eigenvalue weighted by atomic mass is 16.5. The van der Waals surface area contributed by atoms with Crippen LogP contribution in [0.4, 0.5) is 17.2 Å². The summed E-state index contributed by atoms with van der Waals surface area (Å²) in [5, 5.41) is 12.1. The Morgan fingerprint density at radius 2 is 2.19 bits per heavy atom. The van der Waals surface area contributed by atoms with E-state index in [2.05, 4.69) is 16.4 Å². The van der Waals surface area contributed by atoms with Crippen LogP contribution >= 0.6 is 0 Å². The van der Waals surface area contributed by atoms with Crippen molar-refractivity contribution in [3.8, 4) is 11.9 Å². The van der Waals surface area contributed by atoms with E-state index in [1.807, 2.05) is 12.1 Å². The van der Waals surface area contributed by atoms with Crippen molar-refractivity contribution in [2.24, 2.45) is 5.92 Å². The third-order valence-electron chi connectivity index (χ3n) is 3.31. The molecule has 1 aliphatic rings. The number of hydrogen-bond donors (Lipinski definition) is 2. The van der Waals surface area contributed by atoms with Crippen molar-refractivity contribution in [2.75, 3.05) is 17.7 Å².